The van der Waals surface area contributed by atoms with Gasteiger partial charge in [-0.25, -0.2) is 4.39 Å². The molecule has 1 amide bonds. The fourth-order valence-electron chi connectivity index (χ4n) is 2.78. The zero-order chi connectivity index (χ0) is 18.5. The highest BCUT2D eigenvalue weighted by molar-refractivity contribution is 7.99. The molecule has 0 saturated heterocycles. The lowest BCUT2D eigenvalue weighted by atomic mass is 10.1. The predicted molar refractivity (Wildman–Crippen MR) is 100 cm³/mol. The van der Waals surface area contributed by atoms with Crippen molar-refractivity contribution >= 4 is 17.7 Å². The average Bonchev–Trinajstić information content (AvgIpc) is 2.61. The molecule has 1 heterocycles. The van der Waals surface area contributed by atoms with Gasteiger partial charge in [0.25, 0.3) is 0 Å². The molecule has 1 N–H and O–H groups in total. The molecule has 0 aromatic heterocycles. The van der Waals surface area contributed by atoms with Crippen LogP contribution in [0.15, 0.2) is 42.5 Å². The van der Waals surface area contributed by atoms with Gasteiger partial charge in [0, 0.05) is 28.5 Å². The Bertz CT molecular complexity index is 767. The Morgan fingerprint density at radius 2 is 2.08 bits per heavy atom. The first kappa shape index (κ1) is 18.7. The number of hydrogen-bond acceptors (Lipinski definition) is 4. The molecule has 26 heavy (non-hydrogen) atoms. The number of amides is 1. The molecule has 1 aliphatic heterocycles. The molecule has 2 aromatic carbocycles. The number of thioether (sulfide) groups is 1. The lowest BCUT2D eigenvalue weighted by Crippen LogP contribution is -2.31. The highest BCUT2D eigenvalue weighted by Crippen LogP contribution is 2.37. The summed E-state index contributed by atoms with van der Waals surface area (Å²) in [5, 5.41) is 2.85. The van der Waals surface area contributed by atoms with Crippen LogP contribution in [0.5, 0.6) is 5.75 Å². The molecule has 2 aromatic rings. The second-order valence-electron chi connectivity index (χ2n) is 6.44. The molecule has 1 atom stereocenters. The van der Waals surface area contributed by atoms with E-state index in [1.807, 2.05) is 44.2 Å². The number of halogens is 1. The van der Waals surface area contributed by atoms with Gasteiger partial charge in [-0.15, -0.1) is 11.8 Å². The van der Waals surface area contributed by atoms with Crippen LogP contribution in [0.4, 0.5) is 4.39 Å². The van der Waals surface area contributed by atoms with Gasteiger partial charge < -0.3 is 14.8 Å². The second kappa shape index (κ2) is 8.56. The predicted octanol–water partition coefficient (Wildman–Crippen LogP) is 4.19. The Labute approximate surface area is 157 Å². The first-order valence-corrected chi connectivity index (χ1v) is 9.70. The standard InChI is InChI=1S/C20H22FNO3S/c1-13(2)22-18(23)12-26-11-16-9-17(21)8-15-10-24-20(25-19(15)16)14-6-4-3-5-7-14/h3-9,13,20H,10-12H2,1-2H3,(H,22,23)/t20-/m0/s1. The van der Waals surface area contributed by atoms with Gasteiger partial charge in [-0.3, -0.25) is 4.79 Å². The van der Waals surface area contributed by atoms with Crippen LogP contribution >= 0.6 is 11.8 Å². The van der Waals surface area contributed by atoms with E-state index >= 15 is 0 Å². The quantitative estimate of drug-likeness (QED) is 0.822. The van der Waals surface area contributed by atoms with Gasteiger partial charge >= 0.3 is 0 Å². The third kappa shape index (κ3) is 4.77. The van der Waals surface area contributed by atoms with Crippen molar-refractivity contribution in [1.82, 2.24) is 5.32 Å². The SMILES string of the molecule is CC(C)NC(=O)CSCc1cc(F)cc2c1O[C@@H](c1ccccc1)OC2. The summed E-state index contributed by atoms with van der Waals surface area (Å²) in [5.74, 6) is 1.12. The molecule has 0 aliphatic carbocycles. The van der Waals surface area contributed by atoms with Gasteiger partial charge in [0.05, 0.1) is 12.4 Å². The minimum Gasteiger partial charge on any atom is -0.460 e. The Balaban J connectivity index is 1.71. The first-order valence-electron chi connectivity index (χ1n) is 8.54. The van der Waals surface area contributed by atoms with E-state index in [1.165, 1.54) is 23.9 Å². The van der Waals surface area contributed by atoms with Crippen molar-refractivity contribution in [2.24, 2.45) is 0 Å². The molecule has 0 radical (unpaired) electrons. The van der Waals surface area contributed by atoms with E-state index in [4.69, 9.17) is 9.47 Å². The fourth-order valence-corrected chi connectivity index (χ4v) is 3.58. The number of fused-ring (bicyclic) bond motifs is 1. The van der Waals surface area contributed by atoms with Gasteiger partial charge in [0.2, 0.25) is 12.2 Å². The van der Waals surface area contributed by atoms with E-state index in [2.05, 4.69) is 5.32 Å². The third-order valence-corrected chi connectivity index (χ3v) is 4.82. The molecule has 0 fully saturated rings. The van der Waals surface area contributed by atoms with Crippen molar-refractivity contribution < 1.29 is 18.7 Å². The topological polar surface area (TPSA) is 47.6 Å². The monoisotopic (exact) mass is 375 g/mol. The molecule has 138 valence electrons. The molecular weight excluding hydrogens is 353 g/mol. The Morgan fingerprint density at radius 1 is 1.31 bits per heavy atom. The van der Waals surface area contributed by atoms with Crippen LogP contribution in [-0.4, -0.2) is 17.7 Å². The first-order chi connectivity index (χ1) is 12.5. The minimum atomic E-state index is -0.512. The molecule has 0 bridgehead atoms. The van der Waals surface area contributed by atoms with Gasteiger partial charge in [-0.05, 0) is 26.0 Å². The summed E-state index contributed by atoms with van der Waals surface area (Å²) in [6, 6.07) is 12.7. The lowest BCUT2D eigenvalue weighted by Gasteiger charge is -2.28. The van der Waals surface area contributed by atoms with Crippen molar-refractivity contribution in [3.8, 4) is 5.75 Å². The Kier molecular flexibility index (Phi) is 6.16. The van der Waals surface area contributed by atoms with Gasteiger partial charge in [-0.1, -0.05) is 30.3 Å². The summed E-state index contributed by atoms with van der Waals surface area (Å²) in [5.41, 5.74) is 2.35. The van der Waals surface area contributed by atoms with E-state index in [1.54, 1.807) is 0 Å². The minimum absolute atomic E-state index is 0.0262. The van der Waals surface area contributed by atoms with Crippen LogP contribution in [0.1, 0.15) is 36.8 Å². The molecule has 0 unspecified atom stereocenters. The number of carbonyl (C=O) groups excluding carboxylic acids is 1. The summed E-state index contributed by atoms with van der Waals surface area (Å²) >= 11 is 1.44. The van der Waals surface area contributed by atoms with E-state index in [-0.39, 0.29) is 24.4 Å². The summed E-state index contributed by atoms with van der Waals surface area (Å²) in [6.07, 6.45) is -0.512. The molecule has 0 saturated carbocycles. The van der Waals surface area contributed by atoms with Gasteiger partial charge in [0.1, 0.15) is 11.6 Å². The maximum atomic E-state index is 13.9. The summed E-state index contributed by atoms with van der Waals surface area (Å²) in [7, 11) is 0. The zero-order valence-corrected chi connectivity index (χ0v) is 15.6. The normalized spacial score (nSPS) is 16.1. The number of hydrogen-bond donors (Lipinski definition) is 1. The average molecular weight is 375 g/mol. The molecular formula is C20H22FNO3S. The van der Waals surface area contributed by atoms with Crippen LogP contribution < -0.4 is 10.1 Å². The van der Waals surface area contributed by atoms with Gasteiger partial charge in [-0.2, -0.15) is 0 Å². The number of rotatable bonds is 6. The van der Waals surface area contributed by atoms with Crippen molar-refractivity contribution in [2.45, 2.75) is 38.5 Å². The van der Waals surface area contributed by atoms with Gasteiger partial charge in [0.15, 0.2) is 0 Å². The maximum absolute atomic E-state index is 13.9. The molecule has 6 heteroatoms. The highest BCUT2D eigenvalue weighted by Gasteiger charge is 2.25. The highest BCUT2D eigenvalue weighted by atomic mass is 32.2. The molecule has 3 rings (SSSR count). The number of benzene rings is 2. The van der Waals surface area contributed by atoms with E-state index in [9.17, 15) is 9.18 Å². The van der Waals surface area contributed by atoms with Crippen LogP contribution in [-0.2, 0) is 21.9 Å². The largest absolute Gasteiger partial charge is 0.460 e. The maximum Gasteiger partial charge on any atom is 0.230 e. The summed E-state index contributed by atoms with van der Waals surface area (Å²) in [4.78, 5) is 11.8. The van der Waals surface area contributed by atoms with Crippen LogP contribution in [0.25, 0.3) is 0 Å². The van der Waals surface area contributed by atoms with Crippen LogP contribution in [0.3, 0.4) is 0 Å². The smallest absolute Gasteiger partial charge is 0.230 e. The van der Waals surface area contributed by atoms with E-state index in [0.717, 1.165) is 11.1 Å². The third-order valence-electron chi connectivity index (χ3n) is 3.83. The molecule has 1 aliphatic rings. The van der Waals surface area contributed by atoms with Crippen molar-refractivity contribution in [1.29, 1.82) is 0 Å². The fraction of sp³-hybridized carbons (Fsp3) is 0.350. The van der Waals surface area contributed by atoms with E-state index in [0.29, 0.717) is 22.8 Å². The van der Waals surface area contributed by atoms with Crippen LogP contribution in [0.2, 0.25) is 0 Å². The number of carbonyl (C=O) groups is 1. The Hall–Kier alpha value is -2.05. The second-order valence-corrected chi connectivity index (χ2v) is 7.43. The molecule has 4 nitrogen and oxygen atoms in total. The summed E-state index contributed by atoms with van der Waals surface area (Å²) < 4.78 is 25.7. The van der Waals surface area contributed by atoms with E-state index < -0.39 is 6.29 Å². The lowest BCUT2D eigenvalue weighted by molar-refractivity contribution is -0.119. The Morgan fingerprint density at radius 3 is 2.81 bits per heavy atom. The van der Waals surface area contributed by atoms with Crippen LogP contribution in [0, 0.1) is 5.82 Å². The summed E-state index contributed by atoms with van der Waals surface area (Å²) in [6.45, 7) is 4.13. The number of ether oxygens (including phenoxy) is 2. The number of nitrogens with one attached hydrogen (secondary N) is 1. The van der Waals surface area contributed by atoms with Crippen molar-refractivity contribution in [3.05, 3.63) is 65.0 Å². The zero-order valence-electron chi connectivity index (χ0n) is 14.8. The van der Waals surface area contributed by atoms with Crippen molar-refractivity contribution in [3.63, 3.8) is 0 Å². The van der Waals surface area contributed by atoms with Crippen molar-refractivity contribution in [2.75, 3.05) is 5.75 Å². The molecule has 0 spiro atoms.